The largest absolute Gasteiger partial charge is 0.339 e. The minimum absolute atomic E-state index is 0.0942. The minimum atomic E-state index is -0.342. The van der Waals surface area contributed by atoms with Gasteiger partial charge in [-0.15, -0.1) is 0 Å². The first-order chi connectivity index (χ1) is 13.1. The standard InChI is InChI=1S/C22H24N2O3/c1-3-12-23(13-4-2)20(25)17-10-11-18-19(14-17)22(27)24(21(18)26)15-16-8-6-5-7-9-16/h5-11,14H,3-4,12-13,15H2,1-2H3. The Balaban J connectivity index is 1.85. The van der Waals surface area contributed by atoms with Gasteiger partial charge in [0.2, 0.25) is 0 Å². The van der Waals surface area contributed by atoms with Gasteiger partial charge >= 0.3 is 0 Å². The summed E-state index contributed by atoms with van der Waals surface area (Å²) in [7, 11) is 0. The van der Waals surface area contributed by atoms with E-state index >= 15 is 0 Å². The highest BCUT2D eigenvalue weighted by Gasteiger charge is 2.36. The molecule has 5 nitrogen and oxygen atoms in total. The van der Waals surface area contributed by atoms with Crippen LogP contribution in [0.2, 0.25) is 0 Å². The van der Waals surface area contributed by atoms with Crippen LogP contribution in [0.15, 0.2) is 48.5 Å². The number of amides is 3. The van der Waals surface area contributed by atoms with E-state index in [1.165, 1.54) is 4.90 Å². The van der Waals surface area contributed by atoms with Gasteiger partial charge in [0.25, 0.3) is 17.7 Å². The van der Waals surface area contributed by atoms with Crippen molar-refractivity contribution in [3.8, 4) is 0 Å². The van der Waals surface area contributed by atoms with Crippen molar-refractivity contribution in [3.05, 3.63) is 70.8 Å². The Kier molecular flexibility index (Phi) is 5.69. The van der Waals surface area contributed by atoms with E-state index in [9.17, 15) is 14.4 Å². The van der Waals surface area contributed by atoms with Crippen LogP contribution in [0.25, 0.3) is 0 Å². The molecule has 2 aromatic rings. The molecule has 140 valence electrons. The van der Waals surface area contributed by atoms with Crippen molar-refractivity contribution in [1.29, 1.82) is 0 Å². The Morgan fingerprint density at radius 3 is 2.15 bits per heavy atom. The van der Waals surface area contributed by atoms with Crippen LogP contribution in [-0.2, 0) is 6.54 Å². The molecule has 5 heteroatoms. The molecule has 2 aromatic carbocycles. The number of carbonyl (C=O) groups is 3. The van der Waals surface area contributed by atoms with Crippen molar-refractivity contribution < 1.29 is 14.4 Å². The van der Waals surface area contributed by atoms with Gasteiger partial charge in [0, 0.05) is 18.7 Å². The zero-order valence-corrected chi connectivity index (χ0v) is 15.8. The molecule has 0 aromatic heterocycles. The second-order valence-electron chi connectivity index (χ2n) is 6.73. The van der Waals surface area contributed by atoms with Crippen LogP contribution in [0.3, 0.4) is 0 Å². The summed E-state index contributed by atoms with van der Waals surface area (Å²) in [5, 5.41) is 0. The number of hydrogen-bond acceptors (Lipinski definition) is 3. The van der Waals surface area contributed by atoms with Crippen molar-refractivity contribution in [3.63, 3.8) is 0 Å². The Morgan fingerprint density at radius 1 is 0.889 bits per heavy atom. The number of nitrogens with zero attached hydrogens (tertiary/aromatic N) is 2. The van der Waals surface area contributed by atoms with Crippen LogP contribution in [0.5, 0.6) is 0 Å². The van der Waals surface area contributed by atoms with Crippen LogP contribution in [-0.4, -0.2) is 40.6 Å². The van der Waals surface area contributed by atoms with Crippen LogP contribution >= 0.6 is 0 Å². The number of fused-ring (bicyclic) bond motifs is 1. The fourth-order valence-corrected chi connectivity index (χ4v) is 3.37. The maximum atomic E-state index is 12.8. The van der Waals surface area contributed by atoms with Gasteiger partial charge in [-0.3, -0.25) is 19.3 Å². The van der Waals surface area contributed by atoms with Crippen molar-refractivity contribution in [2.24, 2.45) is 0 Å². The molecule has 1 aliphatic heterocycles. The van der Waals surface area contributed by atoms with Gasteiger partial charge in [-0.25, -0.2) is 0 Å². The van der Waals surface area contributed by atoms with Gasteiger partial charge in [0.05, 0.1) is 17.7 Å². The lowest BCUT2D eigenvalue weighted by Crippen LogP contribution is -2.32. The molecule has 3 rings (SSSR count). The summed E-state index contributed by atoms with van der Waals surface area (Å²) < 4.78 is 0. The Labute approximate surface area is 159 Å². The zero-order chi connectivity index (χ0) is 19.4. The highest BCUT2D eigenvalue weighted by Crippen LogP contribution is 2.26. The third-order valence-electron chi connectivity index (χ3n) is 4.68. The normalized spacial score (nSPS) is 13.0. The first kappa shape index (κ1) is 18.8. The summed E-state index contributed by atoms with van der Waals surface area (Å²) in [6.07, 6.45) is 1.75. The molecule has 1 heterocycles. The summed E-state index contributed by atoms with van der Waals surface area (Å²) in [5.41, 5.74) is 2.03. The quantitative estimate of drug-likeness (QED) is 0.703. The van der Waals surface area contributed by atoms with Crippen LogP contribution < -0.4 is 0 Å². The molecule has 0 saturated heterocycles. The summed E-state index contributed by atoms with van der Waals surface area (Å²) in [6, 6.07) is 14.2. The molecular weight excluding hydrogens is 340 g/mol. The third kappa shape index (κ3) is 3.77. The summed E-state index contributed by atoms with van der Waals surface area (Å²) in [6.45, 7) is 5.65. The highest BCUT2D eigenvalue weighted by atomic mass is 16.2. The van der Waals surface area contributed by atoms with E-state index in [1.807, 2.05) is 44.2 Å². The first-order valence-corrected chi connectivity index (χ1v) is 9.40. The molecule has 0 N–H and O–H groups in total. The second-order valence-corrected chi connectivity index (χ2v) is 6.73. The number of hydrogen-bond donors (Lipinski definition) is 0. The smallest absolute Gasteiger partial charge is 0.261 e. The molecule has 0 aliphatic carbocycles. The average molecular weight is 364 g/mol. The van der Waals surface area contributed by atoms with Crippen molar-refractivity contribution >= 4 is 17.7 Å². The van der Waals surface area contributed by atoms with E-state index in [0.29, 0.717) is 29.8 Å². The van der Waals surface area contributed by atoms with Gasteiger partial charge in [-0.2, -0.15) is 0 Å². The molecule has 0 spiro atoms. The van der Waals surface area contributed by atoms with E-state index in [1.54, 1.807) is 23.1 Å². The molecule has 0 saturated carbocycles. The second kappa shape index (κ2) is 8.16. The SMILES string of the molecule is CCCN(CCC)C(=O)c1ccc2c(c1)C(=O)N(Cc1ccccc1)C2=O. The zero-order valence-electron chi connectivity index (χ0n) is 15.8. The Hall–Kier alpha value is -2.95. The first-order valence-electron chi connectivity index (χ1n) is 9.40. The molecule has 0 fully saturated rings. The van der Waals surface area contributed by atoms with E-state index in [2.05, 4.69) is 0 Å². The highest BCUT2D eigenvalue weighted by molar-refractivity contribution is 6.22. The van der Waals surface area contributed by atoms with Gasteiger partial charge in [-0.05, 0) is 36.6 Å². The van der Waals surface area contributed by atoms with E-state index in [0.717, 1.165) is 18.4 Å². The predicted octanol–water partition coefficient (Wildman–Crippen LogP) is 3.75. The number of benzene rings is 2. The average Bonchev–Trinajstić information content (AvgIpc) is 2.92. The van der Waals surface area contributed by atoms with Crippen LogP contribution in [0.4, 0.5) is 0 Å². The molecule has 1 aliphatic rings. The topological polar surface area (TPSA) is 57.7 Å². The number of rotatable bonds is 7. The van der Waals surface area contributed by atoms with Crippen LogP contribution in [0.1, 0.15) is 63.3 Å². The molecule has 3 amide bonds. The minimum Gasteiger partial charge on any atom is -0.339 e. The van der Waals surface area contributed by atoms with Gasteiger partial charge < -0.3 is 4.90 Å². The molecule has 27 heavy (non-hydrogen) atoms. The van der Waals surface area contributed by atoms with Crippen molar-refractivity contribution in [1.82, 2.24) is 9.80 Å². The number of carbonyl (C=O) groups excluding carboxylic acids is 3. The Morgan fingerprint density at radius 2 is 1.52 bits per heavy atom. The third-order valence-corrected chi connectivity index (χ3v) is 4.68. The fraction of sp³-hybridized carbons (Fsp3) is 0.318. The Bertz CT molecular complexity index is 855. The maximum absolute atomic E-state index is 12.8. The predicted molar refractivity (Wildman–Crippen MR) is 104 cm³/mol. The molecule has 0 atom stereocenters. The van der Waals surface area contributed by atoms with E-state index in [-0.39, 0.29) is 24.3 Å². The number of imide groups is 1. The van der Waals surface area contributed by atoms with Crippen LogP contribution in [0, 0.1) is 0 Å². The summed E-state index contributed by atoms with van der Waals surface area (Å²) in [5.74, 6) is -0.744. The molecule has 0 radical (unpaired) electrons. The lowest BCUT2D eigenvalue weighted by atomic mass is 10.0. The van der Waals surface area contributed by atoms with Gasteiger partial charge in [0.1, 0.15) is 0 Å². The fourth-order valence-electron chi connectivity index (χ4n) is 3.37. The van der Waals surface area contributed by atoms with Crippen molar-refractivity contribution in [2.45, 2.75) is 33.2 Å². The molecular formula is C22H24N2O3. The van der Waals surface area contributed by atoms with Crippen molar-refractivity contribution in [2.75, 3.05) is 13.1 Å². The van der Waals surface area contributed by atoms with E-state index < -0.39 is 0 Å². The lowest BCUT2D eigenvalue weighted by molar-refractivity contribution is 0.0642. The maximum Gasteiger partial charge on any atom is 0.261 e. The summed E-state index contributed by atoms with van der Waals surface area (Å²) >= 11 is 0. The molecule has 0 unspecified atom stereocenters. The van der Waals surface area contributed by atoms with E-state index in [4.69, 9.17) is 0 Å². The van der Waals surface area contributed by atoms with Gasteiger partial charge in [0.15, 0.2) is 0 Å². The van der Waals surface area contributed by atoms with Gasteiger partial charge in [-0.1, -0.05) is 44.2 Å². The lowest BCUT2D eigenvalue weighted by Gasteiger charge is -2.21. The molecule has 0 bridgehead atoms. The monoisotopic (exact) mass is 364 g/mol. The summed E-state index contributed by atoms with van der Waals surface area (Å²) in [4.78, 5) is 41.3.